The highest BCUT2D eigenvalue weighted by atomic mass is 16.6. The van der Waals surface area contributed by atoms with Crippen molar-refractivity contribution in [2.24, 2.45) is 0 Å². The van der Waals surface area contributed by atoms with Gasteiger partial charge in [0.2, 0.25) is 0 Å². The highest BCUT2D eigenvalue weighted by Gasteiger charge is 2.40. The van der Waals surface area contributed by atoms with E-state index in [0.29, 0.717) is 6.61 Å². The van der Waals surface area contributed by atoms with Crippen LogP contribution < -0.4 is 0 Å². The van der Waals surface area contributed by atoms with Gasteiger partial charge in [-0.15, -0.1) is 0 Å². The molecule has 1 heterocycles. The minimum Gasteiger partial charge on any atom is -0.394 e. The van der Waals surface area contributed by atoms with E-state index in [0.717, 1.165) is 19.3 Å². The summed E-state index contributed by atoms with van der Waals surface area (Å²) in [5, 5.41) is 28.6. The zero-order chi connectivity index (χ0) is 18.3. The van der Waals surface area contributed by atoms with Crippen molar-refractivity contribution in [1.82, 2.24) is 0 Å². The molecule has 0 spiro atoms. The summed E-state index contributed by atoms with van der Waals surface area (Å²) in [5.41, 5.74) is 0. The van der Waals surface area contributed by atoms with Crippen molar-refractivity contribution in [2.45, 2.75) is 95.5 Å². The van der Waals surface area contributed by atoms with Gasteiger partial charge in [0.15, 0.2) is 0 Å². The fraction of sp³-hybridized carbons (Fsp3) is 0.900. The largest absolute Gasteiger partial charge is 0.394 e. The van der Waals surface area contributed by atoms with Crippen molar-refractivity contribution in [1.29, 1.82) is 0 Å². The topological polar surface area (TPSA) is 79.2 Å². The molecule has 5 nitrogen and oxygen atoms in total. The predicted molar refractivity (Wildman–Crippen MR) is 99.6 cm³/mol. The summed E-state index contributed by atoms with van der Waals surface area (Å²) in [5.74, 6) is 0. The average molecular weight is 359 g/mol. The highest BCUT2D eigenvalue weighted by Crippen LogP contribution is 2.19. The van der Waals surface area contributed by atoms with E-state index in [1.807, 2.05) is 0 Å². The Balaban J connectivity index is 1.96. The van der Waals surface area contributed by atoms with E-state index in [-0.39, 0.29) is 13.2 Å². The summed E-state index contributed by atoms with van der Waals surface area (Å²) >= 11 is 0. The van der Waals surface area contributed by atoms with Crippen molar-refractivity contribution in [3.05, 3.63) is 12.2 Å². The Bertz CT molecular complexity index is 334. The zero-order valence-corrected chi connectivity index (χ0v) is 15.8. The fourth-order valence-electron chi connectivity index (χ4n) is 3.10. The Labute approximate surface area is 153 Å². The van der Waals surface area contributed by atoms with E-state index in [9.17, 15) is 15.3 Å². The molecule has 25 heavy (non-hydrogen) atoms. The Morgan fingerprint density at radius 1 is 1.00 bits per heavy atom. The molecule has 0 aromatic rings. The lowest BCUT2D eigenvalue weighted by atomic mass is 10.1. The Morgan fingerprint density at radius 3 is 2.24 bits per heavy atom. The number of aliphatic hydroxyl groups is 3. The number of hydrogen-bond acceptors (Lipinski definition) is 5. The van der Waals surface area contributed by atoms with Crippen LogP contribution in [0.4, 0.5) is 0 Å². The molecule has 1 aliphatic heterocycles. The van der Waals surface area contributed by atoms with Gasteiger partial charge >= 0.3 is 0 Å². The van der Waals surface area contributed by atoms with E-state index < -0.39 is 24.4 Å². The second kappa shape index (κ2) is 14.7. The number of aliphatic hydroxyl groups excluding tert-OH is 3. The summed E-state index contributed by atoms with van der Waals surface area (Å²) in [6, 6.07) is 0. The maximum atomic E-state index is 9.79. The molecule has 1 rings (SSSR count). The molecule has 3 N–H and O–H groups in total. The zero-order valence-electron chi connectivity index (χ0n) is 15.8. The Morgan fingerprint density at radius 2 is 1.64 bits per heavy atom. The lowest BCUT2D eigenvalue weighted by Gasteiger charge is -2.24. The molecule has 0 amide bonds. The van der Waals surface area contributed by atoms with Crippen LogP contribution in [0.1, 0.15) is 71.1 Å². The lowest BCUT2D eigenvalue weighted by Crippen LogP contribution is -2.42. The molecule has 1 saturated heterocycles. The first kappa shape index (κ1) is 22.6. The molecular weight excluding hydrogens is 320 g/mol. The standard InChI is InChI=1S/C20H38O5/c1-2-3-4-5-6-7-8-9-10-11-12-13-14-24-18(15-21)20-19(23)17(22)16-25-20/h10-11,17-23H,2-9,12-16H2,1H3/b11-10+/t17-,18+,19+,20+/m0/s1. The van der Waals surface area contributed by atoms with Crippen LogP contribution in [0, 0.1) is 0 Å². The van der Waals surface area contributed by atoms with Gasteiger partial charge in [-0.3, -0.25) is 0 Å². The molecule has 1 fully saturated rings. The molecule has 1 aliphatic rings. The molecular formula is C20H38O5. The SMILES string of the molecule is CCCCCCCCC/C=C/CCCO[C@H](CO)[C@H]1OC[C@H](O)[C@H]1O. The first-order chi connectivity index (χ1) is 12.2. The molecule has 0 unspecified atom stereocenters. The van der Waals surface area contributed by atoms with Crippen LogP contribution in [-0.2, 0) is 9.47 Å². The van der Waals surface area contributed by atoms with Gasteiger partial charge in [-0.1, -0.05) is 57.6 Å². The predicted octanol–water partition coefficient (Wildman–Crippen LogP) is 2.96. The van der Waals surface area contributed by atoms with Crippen LogP contribution in [-0.4, -0.2) is 59.6 Å². The van der Waals surface area contributed by atoms with E-state index in [2.05, 4.69) is 19.1 Å². The molecule has 5 heteroatoms. The Hall–Kier alpha value is -0.460. The van der Waals surface area contributed by atoms with Gasteiger partial charge < -0.3 is 24.8 Å². The van der Waals surface area contributed by atoms with Gasteiger partial charge in [-0.05, 0) is 25.7 Å². The molecule has 0 saturated carbocycles. The summed E-state index contributed by atoms with van der Waals surface area (Å²) < 4.78 is 10.9. The van der Waals surface area contributed by atoms with E-state index in [1.165, 1.54) is 44.9 Å². The van der Waals surface area contributed by atoms with Crippen LogP contribution in [0.5, 0.6) is 0 Å². The molecule has 0 aromatic carbocycles. The molecule has 0 aliphatic carbocycles. The molecule has 0 aromatic heterocycles. The molecule has 148 valence electrons. The number of rotatable bonds is 15. The van der Waals surface area contributed by atoms with Gasteiger partial charge in [-0.2, -0.15) is 0 Å². The first-order valence-electron chi connectivity index (χ1n) is 10.1. The van der Waals surface area contributed by atoms with Crippen molar-refractivity contribution in [3.8, 4) is 0 Å². The third-order valence-corrected chi connectivity index (χ3v) is 4.72. The number of allylic oxidation sites excluding steroid dienone is 2. The second-order valence-corrected chi connectivity index (χ2v) is 6.97. The van der Waals surface area contributed by atoms with Crippen molar-refractivity contribution >= 4 is 0 Å². The van der Waals surface area contributed by atoms with Gasteiger partial charge in [0.25, 0.3) is 0 Å². The van der Waals surface area contributed by atoms with Crippen molar-refractivity contribution < 1.29 is 24.8 Å². The molecule has 0 bridgehead atoms. The third kappa shape index (κ3) is 9.71. The number of ether oxygens (including phenoxy) is 2. The summed E-state index contributed by atoms with van der Waals surface area (Å²) in [6.07, 6.45) is 13.7. The van der Waals surface area contributed by atoms with Crippen molar-refractivity contribution in [2.75, 3.05) is 19.8 Å². The second-order valence-electron chi connectivity index (χ2n) is 6.97. The van der Waals surface area contributed by atoms with E-state index in [4.69, 9.17) is 9.47 Å². The van der Waals surface area contributed by atoms with Crippen LogP contribution in [0.15, 0.2) is 12.2 Å². The summed E-state index contributed by atoms with van der Waals surface area (Å²) in [6.45, 7) is 2.63. The Kier molecular flexibility index (Phi) is 13.3. The van der Waals surface area contributed by atoms with Crippen molar-refractivity contribution in [3.63, 3.8) is 0 Å². The van der Waals surface area contributed by atoms with Gasteiger partial charge in [0.05, 0.1) is 13.2 Å². The summed E-state index contributed by atoms with van der Waals surface area (Å²) in [7, 11) is 0. The van der Waals surface area contributed by atoms with Crippen LogP contribution in [0.3, 0.4) is 0 Å². The van der Waals surface area contributed by atoms with Gasteiger partial charge in [0.1, 0.15) is 24.4 Å². The maximum absolute atomic E-state index is 9.79. The number of hydrogen-bond donors (Lipinski definition) is 3. The number of unbranched alkanes of at least 4 members (excludes halogenated alkanes) is 8. The minimum atomic E-state index is -0.987. The normalized spacial score (nSPS) is 25.0. The lowest BCUT2D eigenvalue weighted by molar-refractivity contribution is -0.101. The quantitative estimate of drug-likeness (QED) is 0.310. The summed E-state index contributed by atoms with van der Waals surface area (Å²) in [4.78, 5) is 0. The van der Waals surface area contributed by atoms with E-state index in [1.54, 1.807) is 0 Å². The smallest absolute Gasteiger partial charge is 0.114 e. The molecule has 4 atom stereocenters. The highest BCUT2D eigenvalue weighted by molar-refractivity contribution is 4.88. The third-order valence-electron chi connectivity index (χ3n) is 4.72. The minimum absolute atomic E-state index is 0.0903. The first-order valence-corrected chi connectivity index (χ1v) is 10.1. The van der Waals surface area contributed by atoms with Crippen LogP contribution in [0.25, 0.3) is 0 Å². The maximum Gasteiger partial charge on any atom is 0.114 e. The van der Waals surface area contributed by atoms with Gasteiger partial charge in [-0.25, -0.2) is 0 Å². The van der Waals surface area contributed by atoms with Gasteiger partial charge in [0, 0.05) is 6.61 Å². The fourth-order valence-corrected chi connectivity index (χ4v) is 3.10. The van der Waals surface area contributed by atoms with Crippen LogP contribution in [0.2, 0.25) is 0 Å². The van der Waals surface area contributed by atoms with E-state index >= 15 is 0 Å². The average Bonchev–Trinajstić information content (AvgIpc) is 2.95. The monoisotopic (exact) mass is 358 g/mol. The van der Waals surface area contributed by atoms with Crippen LogP contribution >= 0.6 is 0 Å². The molecule has 0 radical (unpaired) electrons.